The second-order valence-corrected chi connectivity index (χ2v) is 4.82. The fourth-order valence-electron chi connectivity index (χ4n) is 2.38. The lowest BCUT2D eigenvalue weighted by atomic mass is 10.0. The van der Waals surface area contributed by atoms with E-state index in [0.717, 1.165) is 5.56 Å². The van der Waals surface area contributed by atoms with Gasteiger partial charge >= 0.3 is 0 Å². The van der Waals surface area contributed by atoms with E-state index >= 15 is 0 Å². The van der Waals surface area contributed by atoms with Gasteiger partial charge in [0.1, 0.15) is 5.75 Å². The number of nitrogens with one attached hydrogen (secondary N) is 1. The van der Waals surface area contributed by atoms with E-state index < -0.39 is 5.91 Å². The summed E-state index contributed by atoms with van der Waals surface area (Å²) in [7, 11) is 0. The minimum absolute atomic E-state index is 0.111. The topological polar surface area (TPSA) is 69.6 Å². The van der Waals surface area contributed by atoms with Gasteiger partial charge < -0.3 is 5.11 Å². The van der Waals surface area contributed by atoms with Crippen LogP contribution in [0.2, 0.25) is 0 Å². The lowest BCUT2D eigenvalue weighted by molar-refractivity contribution is 0.0566. The van der Waals surface area contributed by atoms with Crippen LogP contribution in [0.1, 0.15) is 26.3 Å². The number of aromatic hydroxyl groups is 1. The number of fused-ring (bicyclic) bond motifs is 1. The van der Waals surface area contributed by atoms with Crippen LogP contribution >= 0.6 is 0 Å². The molecule has 2 amide bonds. The van der Waals surface area contributed by atoms with Crippen LogP contribution in [0, 0.1) is 0 Å². The highest BCUT2D eigenvalue weighted by Gasteiger charge is 2.26. The Kier molecular flexibility index (Phi) is 3.31. The van der Waals surface area contributed by atoms with E-state index in [9.17, 15) is 14.7 Å². The van der Waals surface area contributed by atoms with Crippen molar-refractivity contribution in [3.63, 3.8) is 0 Å². The van der Waals surface area contributed by atoms with E-state index in [0.29, 0.717) is 18.5 Å². The molecule has 0 aliphatic carbocycles. The zero-order chi connectivity index (χ0) is 14.8. The van der Waals surface area contributed by atoms with Crippen molar-refractivity contribution >= 4 is 11.8 Å². The Hall–Kier alpha value is -2.82. The molecule has 0 aromatic heterocycles. The smallest absolute Gasteiger partial charge is 0.273 e. The maximum atomic E-state index is 12.3. The van der Waals surface area contributed by atoms with Gasteiger partial charge in [0.25, 0.3) is 11.8 Å². The molecule has 0 bridgehead atoms. The fraction of sp³-hybridized carbons (Fsp3) is 0.125. The van der Waals surface area contributed by atoms with Gasteiger partial charge in [0.15, 0.2) is 0 Å². The third kappa shape index (κ3) is 2.45. The Morgan fingerprint density at radius 3 is 2.62 bits per heavy atom. The SMILES string of the molecule is O=C(NN1CCc2ccccc2C1=O)c1ccccc1O. The monoisotopic (exact) mass is 282 g/mol. The van der Waals surface area contributed by atoms with Gasteiger partial charge in [-0.25, -0.2) is 5.01 Å². The third-order valence-electron chi connectivity index (χ3n) is 3.48. The van der Waals surface area contributed by atoms with Gasteiger partial charge in [-0.2, -0.15) is 0 Å². The Balaban J connectivity index is 1.80. The average molecular weight is 282 g/mol. The zero-order valence-corrected chi connectivity index (χ0v) is 11.2. The summed E-state index contributed by atoms with van der Waals surface area (Å²) in [6, 6.07) is 13.6. The van der Waals surface area contributed by atoms with Gasteiger partial charge in [-0.05, 0) is 30.2 Å². The van der Waals surface area contributed by atoms with Crippen molar-refractivity contribution in [1.29, 1.82) is 0 Å². The number of phenols is 1. The number of benzene rings is 2. The summed E-state index contributed by atoms with van der Waals surface area (Å²) >= 11 is 0. The highest BCUT2D eigenvalue weighted by Crippen LogP contribution is 2.19. The summed E-state index contributed by atoms with van der Waals surface area (Å²) in [4.78, 5) is 24.4. The first-order valence-electron chi connectivity index (χ1n) is 6.65. The molecule has 0 spiro atoms. The first-order chi connectivity index (χ1) is 10.2. The number of phenolic OH excluding ortho intramolecular Hbond substituents is 1. The van der Waals surface area contributed by atoms with Crippen molar-refractivity contribution in [3.05, 3.63) is 65.2 Å². The minimum Gasteiger partial charge on any atom is -0.507 e. The summed E-state index contributed by atoms with van der Waals surface area (Å²) in [5.41, 5.74) is 4.27. The Labute approximate surface area is 121 Å². The van der Waals surface area contributed by atoms with Crippen LogP contribution in [0.4, 0.5) is 0 Å². The van der Waals surface area contributed by atoms with Gasteiger partial charge in [-0.1, -0.05) is 30.3 Å². The molecule has 1 aliphatic heterocycles. The normalized spacial score (nSPS) is 13.7. The molecule has 5 nitrogen and oxygen atoms in total. The van der Waals surface area contributed by atoms with Crippen molar-refractivity contribution in [2.45, 2.75) is 6.42 Å². The number of nitrogens with zero attached hydrogens (tertiary/aromatic N) is 1. The van der Waals surface area contributed by atoms with Gasteiger partial charge in [-0.15, -0.1) is 0 Å². The van der Waals surface area contributed by atoms with Crippen LogP contribution in [0.15, 0.2) is 48.5 Å². The molecule has 0 saturated carbocycles. The predicted octanol–water partition coefficient (Wildman–Crippen LogP) is 1.74. The molecule has 0 fully saturated rings. The van der Waals surface area contributed by atoms with Crippen LogP contribution in [-0.4, -0.2) is 28.5 Å². The molecule has 106 valence electrons. The number of hydrogen-bond donors (Lipinski definition) is 2. The Morgan fingerprint density at radius 1 is 1.10 bits per heavy atom. The van der Waals surface area contributed by atoms with Crippen LogP contribution in [0.3, 0.4) is 0 Å². The summed E-state index contributed by atoms with van der Waals surface area (Å²) in [6.07, 6.45) is 0.683. The van der Waals surface area contributed by atoms with E-state index in [1.165, 1.54) is 17.1 Å². The summed E-state index contributed by atoms with van der Waals surface area (Å²) < 4.78 is 0. The predicted molar refractivity (Wildman–Crippen MR) is 76.8 cm³/mol. The second-order valence-electron chi connectivity index (χ2n) is 4.82. The Bertz CT molecular complexity index is 712. The van der Waals surface area contributed by atoms with E-state index in [1.54, 1.807) is 24.3 Å². The van der Waals surface area contributed by atoms with Crippen LogP contribution < -0.4 is 5.43 Å². The molecule has 0 unspecified atom stereocenters. The standard InChI is InChI=1S/C16H14N2O3/c19-14-8-4-3-7-13(14)15(20)17-18-10-9-11-5-1-2-6-12(11)16(18)21/h1-8,19H,9-10H2,(H,17,20). The molecule has 0 atom stereocenters. The maximum absolute atomic E-state index is 12.3. The second kappa shape index (κ2) is 5.28. The molecule has 5 heteroatoms. The molecule has 1 aliphatic rings. The van der Waals surface area contributed by atoms with Crippen molar-refractivity contribution in [2.75, 3.05) is 6.54 Å². The van der Waals surface area contributed by atoms with Crippen molar-refractivity contribution in [2.24, 2.45) is 0 Å². The van der Waals surface area contributed by atoms with E-state index in [2.05, 4.69) is 5.43 Å². The largest absolute Gasteiger partial charge is 0.507 e. The summed E-state index contributed by atoms with van der Waals surface area (Å²) in [5, 5.41) is 11.0. The number of rotatable bonds is 2. The first kappa shape index (κ1) is 13.2. The van der Waals surface area contributed by atoms with Crippen LogP contribution in [0.5, 0.6) is 5.75 Å². The molecule has 21 heavy (non-hydrogen) atoms. The van der Waals surface area contributed by atoms with Crippen molar-refractivity contribution in [1.82, 2.24) is 10.4 Å². The first-order valence-corrected chi connectivity index (χ1v) is 6.65. The lowest BCUT2D eigenvalue weighted by Gasteiger charge is -2.28. The number of hydrazine groups is 1. The van der Waals surface area contributed by atoms with Crippen molar-refractivity contribution < 1.29 is 14.7 Å². The number of carbonyl (C=O) groups is 2. The number of hydrogen-bond acceptors (Lipinski definition) is 3. The molecule has 0 saturated heterocycles. The summed E-state index contributed by atoms with van der Waals surface area (Å²) in [5.74, 6) is -0.846. The quantitative estimate of drug-likeness (QED) is 0.881. The highest BCUT2D eigenvalue weighted by atomic mass is 16.3. The van der Waals surface area contributed by atoms with Crippen LogP contribution in [0.25, 0.3) is 0 Å². The highest BCUT2D eigenvalue weighted by molar-refractivity contribution is 6.01. The van der Waals surface area contributed by atoms with Crippen molar-refractivity contribution in [3.8, 4) is 5.75 Å². The van der Waals surface area contributed by atoms with Gasteiger partial charge in [0.05, 0.1) is 5.56 Å². The van der Waals surface area contributed by atoms with E-state index in [-0.39, 0.29) is 17.2 Å². The average Bonchev–Trinajstić information content (AvgIpc) is 2.51. The third-order valence-corrected chi connectivity index (χ3v) is 3.48. The molecule has 1 heterocycles. The summed E-state index contributed by atoms with van der Waals surface area (Å²) in [6.45, 7) is 0.412. The Morgan fingerprint density at radius 2 is 1.81 bits per heavy atom. The van der Waals surface area contributed by atoms with Gasteiger partial charge in [-0.3, -0.25) is 15.0 Å². The minimum atomic E-state index is -0.499. The molecule has 3 rings (SSSR count). The zero-order valence-electron chi connectivity index (χ0n) is 11.2. The van der Waals surface area contributed by atoms with Gasteiger partial charge in [0.2, 0.25) is 0 Å². The molecule has 2 N–H and O–H groups in total. The van der Waals surface area contributed by atoms with Gasteiger partial charge in [0, 0.05) is 12.1 Å². The number of amides is 2. The molecule has 0 radical (unpaired) electrons. The molecule has 2 aromatic carbocycles. The van der Waals surface area contributed by atoms with E-state index in [4.69, 9.17) is 0 Å². The molecule has 2 aromatic rings. The number of para-hydroxylation sites is 1. The lowest BCUT2D eigenvalue weighted by Crippen LogP contribution is -2.49. The number of carbonyl (C=O) groups excluding carboxylic acids is 2. The maximum Gasteiger partial charge on any atom is 0.273 e. The van der Waals surface area contributed by atoms with E-state index in [1.807, 2.05) is 12.1 Å². The van der Waals surface area contributed by atoms with Crippen LogP contribution in [-0.2, 0) is 6.42 Å². The molecular weight excluding hydrogens is 268 g/mol. The fourth-order valence-corrected chi connectivity index (χ4v) is 2.38. The molecular formula is C16H14N2O3.